The molecule has 0 aromatic rings. The van der Waals surface area contributed by atoms with Crippen molar-refractivity contribution in [1.29, 1.82) is 0 Å². The van der Waals surface area contributed by atoms with Crippen molar-refractivity contribution >= 4 is 0 Å². The van der Waals surface area contributed by atoms with Crippen LogP contribution < -0.4 is 0 Å². The topological polar surface area (TPSA) is 0 Å². The predicted molar refractivity (Wildman–Crippen MR) is 39.3 cm³/mol. The van der Waals surface area contributed by atoms with Gasteiger partial charge in [-0.3, -0.25) is 0 Å². The highest BCUT2D eigenvalue weighted by molar-refractivity contribution is 5.07. The van der Waals surface area contributed by atoms with Crippen LogP contribution in [-0.2, 0) is 0 Å². The second-order valence-electron chi connectivity index (χ2n) is 4.52. The lowest BCUT2D eigenvalue weighted by Crippen LogP contribution is -2.34. The Morgan fingerprint density at radius 2 is 1.89 bits per heavy atom. The van der Waals surface area contributed by atoms with Gasteiger partial charge in [-0.1, -0.05) is 20.3 Å². The van der Waals surface area contributed by atoms with Crippen molar-refractivity contribution in [2.45, 2.75) is 46.0 Å². The summed E-state index contributed by atoms with van der Waals surface area (Å²) >= 11 is 0. The van der Waals surface area contributed by atoms with Crippen LogP contribution in [0.25, 0.3) is 0 Å². The fourth-order valence-electron chi connectivity index (χ4n) is 3.11. The molecular weight excluding hydrogens is 108 g/mol. The minimum atomic E-state index is 0.802. The predicted octanol–water partition coefficient (Wildman–Crippen LogP) is 2.98. The van der Waals surface area contributed by atoms with E-state index in [0.717, 1.165) is 10.8 Å². The Morgan fingerprint density at radius 1 is 1.22 bits per heavy atom. The Bertz CT molecular complexity index is 129. The van der Waals surface area contributed by atoms with Crippen LogP contribution in [0, 0.1) is 10.8 Å². The van der Waals surface area contributed by atoms with Crippen molar-refractivity contribution in [2.24, 2.45) is 10.8 Å². The summed E-state index contributed by atoms with van der Waals surface area (Å²) in [5.41, 5.74) is 1.64. The quantitative estimate of drug-likeness (QED) is 0.504. The third-order valence-electron chi connectivity index (χ3n) is 3.61. The first kappa shape index (κ1) is 5.76. The van der Waals surface area contributed by atoms with E-state index in [-0.39, 0.29) is 0 Å². The second-order valence-corrected chi connectivity index (χ2v) is 4.52. The van der Waals surface area contributed by atoms with Gasteiger partial charge in [0.2, 0.25) is 0 Å². The highest BCUT2D eigenvalue weighted by Crippen LogP contribution is 2.68. The van der Waals surface area contributed by atoms with Gasteiger partial charge in [-0.2, -0.15) is 0 Å². The molecule has 9 heavy (non-hydrogen) atoms. The molecule has 3 rings (SSSR count). The van der Waals surface area contributed by atoms with Gasteiger partial charge in [0.25, 0.3) is 0 Å². The van der Waals surface area contributed by atoms with Crippen LogP contribution in [0.1, 0.15) is 46.0 Å². The summed E-state index contributed by atoms with van der Waals surface area (Å²) < 4.78 is 0. The van der Waals surface area contributed by atoms with Crippen molar-refractivity contribution < 1.29 is 0 Å². The molecule has 52 valence electrons. The van der Waals surface area contributed by atoms with E-state index in [4.69, 9.17) is 0 Å². The first-order valence-corrected chi connectivity index (χ1v) is 4.18. The van der Waals surface area contributed by atoms with E-state index in [9.17, 15) is 0 Å². The Kier molecular flexibility index (Phi) is 0.868. The van der Waals surface area contributed by atoms with Gasteiger partial charge in [0.1, 0.15) is 0 Å². The summed E-state index contributed by atoms with van der Waals surface area (Å²) in [4.78, 5) is 0. The minimum Gasteiger partial charge on any atom is -0.0649 e. The maximum absolute atomic E-state index is 2.45. The summed E-state index contributed by atoms with van der Waals surface area (Å²) in [6, 6.07) is 0. The molecule has 0 heteroatoms. The maximum atomic E-state index is 2.45. The molecule has 3 fully saturated rings. The molecule has 0 amide bonds. The molecule has 0 N–H and O–H groups in total. The van der Waals surface area contributed by atoms with Gasteiger partial charge in [0, 0.05) is 0 Å². The zero-order chi connectivity index (χ0) is 6.54. The molecule has 0 aromatic carbocycles. The van der Waals surface area contributed by atoms with Crippen LogP contribution in [-0.4, -0.2) is 0 Å². The zero-order valence-corrected chi connectivity index (χ0v) is 6.54. The molecule has 0 atom stereocenters. The third kappa shape index (κ3) is 0.595. The summed E-state index contributed by atoms with van der Waals surface area (Å²) in [5, 5.41) is 0. The fourth-order valence-corrected chi connectivity index (χ4v) is 3.11. The first-order valence-electron chi connectivity index (χ1n) is 4.18. The summed E-state index contributed by atoms with van der Waals surface area (Å²) in [5.74, 6) is 0. The molecule has 0 radical (unpaired) electrons. The van der Waals surface area contributed by atoms with E-state index in [1.54, 1.807) is 0 Å². The van der Waals surface area contributed by atoms with E-state index < -0.39 is 0 Å². The van der Waals surface area contributed by atoms with Gasteiger partial charge in [-0.25, -0.2) is 0 Å². The minimum absolute atomic E-state index is 0.802. The van der Waals surface area contributed by atoms with E-state index in [2.05, 4.69) is 13.8 Å². The van der Waals surface area contributed by atoms with E-state index in [1.807, 2.05) is 0 Å². The Hall–Kier alpha value is 0. The standard InChI is InChI=1S/C9H16/c1-3-9-5-4-8(2,6-9)7-9/h3-7H2,1-2H3. The molecule has 0 aromatic heterocycles. The van der Waals surface area contributed by atoms with Gasteiger partial charge in [0.15, 0.2) is 0 Å². The van der Waals surface area contributed by atoms with Crippen molar-refractivity contribution in [3.8, 4) is 0 Å². The largest absolute Gasteiger partial charge is 0.0649 e. The van der Waals surface area contributed by atoms with Gasteiger partial charge < -0.3 is 0 Å². The lowest BCUT2D eigenvalue weighted by Gasteiger charge is -2.45. The van der Waals surface area contributed by atoms with Crippen LogP contribution >= 0.6 is 0 Å². The zero-order valence-electron chi connectivity index (χ0n) is 6.54. The average molecular weight is 124 g/mol. The fraction of sp³-hybridized carbons (Fsp3) is 1.00. The molecule has 0 nitrogen and oxygen atoms in total. The highest BCUT2D eigenvalue weighted by Gasteiger charge is 2.56. The van der Waals surface area contributed by atoms with Crippen LogP contribution in [0.2, 0.25) is 0 Å². The van der Waals surface area contributed by atoms with Crippen molar-refractivity contribution in [3.63, 3.8) is 0 Å². The van der Waals surface area contributed by atoms with E-state index >= 15 is 0 Å². The van der Waals surface area contributed by atoms with Gasteiger partial charge in [0.05, 0.1) is 0 Å². The normalized spacial score (nSPS) is 55.3. The molecule has 0 aliphatic heterocycles. The van der Waals surface area contributed by atoms with Crippen LogP contribution in [0.4, 0.5) is 0 Å². The molecule has 0 unspecified atom stereocenters. The monoisotopic (exact) mass is 124 g/mol. The molecule has 0 heterocycles. The van der Waals surface area contributed by atoms with Gasteiger partial charge >= 0.3 is 0 Å². The molecule has 0 spiro atoms. The average Bonchev–Trinajstić information content (AvgIpc) is 2.20. The van der Waals surface area contributed by atoms with Crippen molar-refractivity contribution in [2.75, 3.05) is 0 Å². The number of fused-ring (bicyclic) bond motifs is 1. The maximum Gasteiger partial charge on any atom is -0.0290 e. The summed E-state index contributed by atoms with van der Waals surface area (Å²) in [6.45, 7) is 4.80. The summed E-state index contributed by atoms with van der Waals surface area (Å²) in [6.07, 6.45) is 7.55. The molecule has 3 aliphatic rings. The Morgan fingerprint density at radius 3 is 2.11 bits per heavy atom. The van der Waals surface area contributed by atoms with E-state index in [0.29, 0.717) is 0 Å². The molecule has 0 saturated heterocycles. The van der Waals surface area contributed by atoms with Crippen molar-refractivity contribution in [3.05, 3.63) is 0 Å². The van der Waals surface area contributed by atoms with Crippen LogP contribution in [0.5, 0.6) is 0 Å². The third-order valence-corrected chi connectivity index (χ3v) is 3.61. The molecular formula is C9H16. The van der Waals surface area contributed by atoms with Gasteiger partial charge in [-0.05, 0) is 36.5 Å². The highest BCUT2D eigenvalue weighted by atomic mass is 14.6. The SMILES string of the molecule is CCC12CCC(C)(C1)C2. The van der Waals surface area contributed by atoms with Crippen LogP contribution in [0.15, 0.2) is 0 Å². The van der Waals surface area contributed by atoms with Gasteiger partial charge in [-0.15, -0.1) is 0 Å². The number of rotatable bonds is 1. The first-order chi connectivity index (χ1) is 4.18. The number of hydrogen-bond donors (Lipinski definition) is 0. The second kappa shape index (κ2) is 1.36. The van der Waals surface area contributed by atoms with Crippen molar-refractivity contribution in [1.82, 2.24) is 0 Å². The summed E-state index contributed by atoms with van der Waals surface area (Å²) in [7, 11) is 0. The smallest absolute Gasteiger partial charge is 0.0290 e. The lowest BCUT2D eigenvalue weighted by molar-refractivity contribution is 0.0583. The molecule has 3 saturated carbocycles. The Labute approximate surface area is 57.6 Å². The van der Waals surface area contributed by atoms with E-state index in [1.165, 1.54) is 32.1 Å². The van der Waals surface area contributed by atoms with Crippen LogP contribution in [0.3, 0.4) is 0 Å². The number of hydrogen-bond acceptors (Lipinski definition) is 0. The Balaban J connectivity index is 2.12. The molecule has 3 aliphatic carbocycles. The molecule has 2 bridgehead atoms. The lowest BCUT2D eigenvalue weighted by atomic mass is 9.60.